The molecule has 0 radical (unpaired) electrons. The summed E-state index contributed by atoms with van der Waals surface area (Å²) in [7, 11) is 1.83. The van der Waals surface area contributed by atoms with Crippen LogP contribution in [0.2, 0.25) is 0 Å². The Bertz CT molecular complexity index is 600. The summed E-state index contributed by atoms with van der Waals surface area (Å²) in [6, 6.07) is 6.80. The van der Waals surface area contributed by atoms with Gasteiger partial charge in [0.25, 0.3) is 0 Å². The molecule has 0 unspecified atom stereocenters. The first kappa shape index (κ1) is 19.3. The lowest BCUT2D eigenvalue weighted by Gasteiger charge is -2.43. The number of halogens is 1. The van der Waals surface area contributed by atoms with E-state index in [0.29, 0.717) is 23.9 Å². The number of benzene rings is 1. The van der Waals surface area contributed by atoms with E-state index in [4.69, 9.17) is 0 Å². The van der Waals surface area contributed by atoms with Crippen molar-refractivity contribution >= 4 is 5.91 Å². The molecule has 3 N–H and O–H groups in total. The van der Waals surface area contributed by atoms with Crippen LogP contribution < -0.4 is 10.6 Å². The van der Waals surface area contributed by atoms with Gasteiger partial charge in [0.05, 0.1) is 12.6 Å². The van der Waals surface area contributed by atoms with Crippen molar-refractivity contribution in [1.29, 1.82) is 0 Å². The summed E-state index contributed by atoms with van der Waals surface area (Å²) in [4.78, 5) is 14.4. The summed E-state index contributed by atoms with van der Waals surface area (Å²) in [5, 5.41) is 16.3. The molecule has 3 rings (SSSR count). The molecule has 1 aromatic carbocycles. The molecule has 0 spiro atoms. The van der Waals surface area contributed by atoms with E-state index >= 15 is 0 Å². The van der Waals surface area contributed by atoms with Crippen LogP contribution in [0.4, 0.5) is 4.39 Å². The van der Waals surface area contributed by atoms with E-state index in [-0.39, 0.29) is 30.4 Å². The maximum Gasteiger partial charge on any atom is 0.234 e. The quantitative estimate of drug-likeness (QED) is 0.687. The highest BCUT2D eigenvalue weighted by molar-refractivity contribution is 5.78. The van der Waals surface area contributed by atoms with Crippen LogP contribution in [0.5, 0.6) is 0 Å². The van der Waals surface area contributed by atoms with Crippen molar-refractivity contribution in [3.63, 3.8) is 0 Å². The first-order chi connectivity index (χ1) is 12.5. The second kappa shape index (κ2) is 8.93. The number of nitrogens with one attached hydrogen (secondary N) is 2. The van der Waals surface area contributed by atoms with E-state index in [0.717, 1.165) is 38.8 Å². The fourth-order valence-electron chi connectivity index (χ4n) is 4.20. The van der Waals surface area contributed by atoms with Crippen molar-refractivity contribution in [1.82, 2.24) is 15.5 Å². The first-order valence-corrected chi connectivity index (χ1v) is 9.63. The monoisotopic (exact) mass is 363 g/mol. The normalized spacial score (nSPS) is 24.9. The fraction of sp³-hybridized carbons (Fsp3) is 0.650. The number of aliphatic hydroxyl groups excluding tert-OH is 1. The Labute approximate surface area is 155 Å². The Morgan fingerprint density at radius 3 is 2.65 bits per heavy atom. The number of nitrogens with zero attached hydrogens (tertiary/aromatic N) is 1. The van der Waals surface area contributed by atoms with Gasteiger partial charge in [0.2, 0.25) is 5.91 Å². The van der Waals surface area contributed by atoms with Crippen molar-refractivity contribution in [3.8, 4) is 0 Å². The third-order valence-corrected chi connectivity index (χ3v) is 5.69. The minimum Gasteiger partial charge on any atom is -0.393 e. The van der Waals surface area contributed by atoms with Gasteiger partial charge in [-0.3, -0.25) is 9.69 Å². The average molecular weight is 363 g/mol. The van der Waals surface area contributed by atoms with Crippen LogP contribution >= 0.6 is 0 Å². The number of carbonyl (C=O) groups excluding carboxylic acids is 1. The molecule has 2 aliphatic rings. The minimum atomic E-state index is -0.240. The van der Waals surface area contributed by atoms with Crippen molar-refractivity contribution in [2.24, 2.45) is 11.8 Å². The predicted molar refractivity (Wildman–Crippen MR) is 99.0 cm³/mol. The lowest BCUT2D eigenvalue weighted by Crippen LogP contribution is -2.54. The highest BCUT2D eigenvalue weighted by Crippen LogP contribution is 2.35. The van der Waals surface area contributed by atoms with Crippen LogP contribution in [0.3, 0.4) is 0 Å². The summed E-state index contributed by atoms with van der Waals surface area (Å²) in [5.74, 6) is 0.577. The van der Waals surface area contributed by atoms with Gasteiger partial charge in [-0.25, -0.2) is 4.39 Å². The Balaban J connectivity index is 1.54. The Morgan fingerprint density at radius 2 is 2.00 bits per heavy atom. The van der Waals surface area contributed by atoms with Crippen LogP contribution in [0, 0.1) is 17.7 Å². The molecular formula is C20H30FN3O2. The maximum atomic E-state index is 13.8. The molecule has 1 atom stereocenters. The van der Waals surface area contributed by atoms with Crippen LogP contribution in [0.1, 0.15) is 31.2 Å². The van der Waals surface area contributed by atoms with Gasteiger partial charge in [-0.1, -0.05) is 18.2 Å². The number of hydrogen-bond acceptors (Lipinski definition) is 4. The van der Waals surface area contributed by atoms with Gasteiger partial charge in [0.1, 0.15) is 5.82 Å². The number of piperidine rings is 1. The third kappa shape index (κ3) is 5.02. The van der Waals surface area contributed by atoms with Crippen LogP contribution in [-0.4, -0.2) is 54.7 Å². The zero-order chi connectivity index (χ0) is 18.5. The number of aliphatic hydroxyl groups is 1. The van der Waals surface area contributed by atoms with Crippen LogP contribution in [0.15, 0.2) is 24.3 Å². The van der Waals surface area contributed by atoms with E-state index < -0.39 is 0 Å². The highest BCUT2D eigenvalue weighted by atomic mass is 19.1. The van der Waals surface area contributed by atoms with Gasteiger partial charge in [-0.05, 0) is 63.7 Å². The van der Waals surface area contributed by atoms with Crippen LogP contribution in [-0.2, 0) is 11.3 Å². The Morgan fingerprint density at radius 1 is 1.31 bits per heavy atom. The molecule has 1 amide bonds. The van der Waals surface area contributed by atoms with Gasteiger partial charge in [-0.15, -0.1) is 0 Å². The zero-order valence-corrected chi connectivity index (χ0v) is 15.5. The zero-order valence-electron chi connectivity index (χ0n) is 15.5. The third-order valence-electron chi connectivity index (χ3n) is 5.69. The van der Waals surface area contributed by atoms with E-state index in [1.165, 1.54) is 6.07 Å². The molecule has 6 heteroatoms. The molecule has 1 aromatic rings. The van der Waals surface area contributed by atoms with Gasteiger partial charge >= 0.3 is 0 Å². The number of hydrogen-bond donors (Lipinski definition) is 3. The molecule has 0 bridgehead atoms. The summed E-state index contributed by atoms with van der Waals surface area (Å²) < 4.78 is 13.8. The average Bonchev–Trinajstić information content (AvgIpc) is 2.60. The molecule has 2 fully saturated rings. The first-order valence-electron chi connectivity index (χ1n) is 9.63. The molecule has 144 valence electrons. The summed E-state index contributed by atoms with van der Waals surface area (Å²) >= 11 is 0. The number of carbonyl (C=O) groups is 1. The molecule has 0 aromatic heterocycles. The van der Waals surface area contributed by atoms with Gasteiger partial charge in [0.15, 0.2) is 0 Å². The second-order valence-corrected chi connectivity index (χ2v) is 7.83. The lowest BCUT2D eigenvalue weighted by atomic mass is 9.71. The number of likely N-dealkylation sites (N-methyl/N-ethyl adjacent to an activating group) is 1. The molecule has 26 heavy (non-hydrogen) atoms. The van der Waals surface area contributed by atoms with Crippen molar-refractivity contribution in [2.45, 2.75) is 44.4 Å². The molecule has 1 aliphatic heterocycles. The van der Waals surface area contributed by atoms with Gasteiger partial charge in [0, 0.05) is 18.2 Å². The van der Waals surface area contributed by atoms with Crippen molar-refractivity contribution < 1.29 is 14.3 Å². The maximum absolute atomic E-state index is 13.8. The molecule has 1 heterocycles. The van der Waals surface area contributed by atoms with Crippen molar-refractivity contribution in [2.75, 3.05) is 26.7 Å². The van der Waals surface area contributed by atoms with E-state index in [9.17, 15) is 14.3 Å². The fourth-order valence-corrected chi connectivity index (χ4v) is 4.20. The van der Waals surface area contributed by atoms with E-state index in [1.54, 1.807) is 18.2 Å². The summed E-state index contributed by atoms with van der Waals surface area (Å²) in [5.41, 5.74) is 0.597. The molecule has 1 saturated heterocycles. The summed E-state index contributed by atoms with van der Waals surface area (Å²) in [6.07, 6.45) is 3.45. The lowest BCUT2D eigenvalue weighted by molar-refractivity contribution is -0.124. The molecule has 1 aliphatic carbocycles. The SMILES string of the molecule is CN(CC(=O)N[C@H](C1CCNCC1)C1CC(O)C1)Cc1ccccc1F. The Hall–Kier alpha value is -1.50. The standard InChI is InChI=1S/C20H30FN3O2/c1-24(12-15-4-2-3-5-18(15)21)13-19(26)23-20(16-10-17(25)11-16)14-6-8-22-9-7-14/h2-5,14,16-17,20,22,25H,6-13H2,1H3,(H,23,26)/t16?,17?,20-/m1/s1. The molecule has 5 nitrogen and oxygen atoms in total. The minimum absolute atomic E-state index is 0.0197. The Kier molecular flexibility index (Phi) is 6.62. The topological polar surface area (TPSA) is 64.6 Å². The molecule has 1 saturated carbocycles. The smallest absolute Gasteiger partial charge is 0.234 e. The van der Waals surface area contributed by atoms with Crippen LogP contribution in [0.25, 0.3) is 0 Å². The van der Waals surface area contributed by atoms with E-state index in [2.05, 4.69) is 10.6 Å². The number of rotatable bonds is 7. The van der Waals surface area contributed by atoms with Gasteiger partial charge < -0.3 is 15.7 Å². The van der Waals surface area contributed by atoms with Crippen molar-refractivity contribution in [3.05, 3.63) is 35.6 Å². The second-order valence-electron chi connectivity index (χ2n) is 7.83. The largest absolute Gasteiger partial charge is 0.393 e. The predicted octanol–water partition coefficient (Wildman–Crippen LogP) is 1.51. The molecular weight excluding hydrogens is 333 g/mol. The summed E-state index contributed by atoms with van der Waals surface area (Å²) in [6.45, 7) is 2.62. The van der Waals surface area contributed by atoms with E-state index in [1.807, 2.05) is 11.9 Å². The number of amides is 1. The van der Waals surface area contributed by atoms with Gasteiger partial charge in [-0.2, -0.15) is 0 Å². The highest BCUT2D eigenvalue weighted by Gasteiger charge is 2.39.